The van der Waals surface area contributed by atoms with Gasteiger partial charge in [-0.3, -0.25) is 0 Å². The summed E-state index contributed by atoms with van der Waals surface area (Å²) >= 11 is 0. The molecule has 5 heteroatoms. The predicted molar refractivity (Wildman–Crippen MR) is 82.0 cm³/mol. The van der Waals surface area contributed by atoms with Crippen LogP contribution in [-0.4, -0.2) is 28.6 Å². The summed E-state index contributed by atoms with van der Waals surface area (Å²) in [5.41, 5.74) is 6.18. The quantitative estimate of drug-likeness (QED) is 0.617. The molecule has 0 heterocycles. The molecule has 0 aromatic heterocycles. The van der Waals surface area contributed by atoms with E-state index >= 15 is 0 Å². The maximum Gasteiger partial charge on any atom is 0.500 e. The Morgan fingerprint density at radius 1 is 0.842 bits per heavy atom. The van der Waals surface area contributed by atoms with Crippen LogP contribution in [0, 0.1) is 0 Å². The van der Waals surface area contributed by atoms with E-state index in [-0.39, 0.29) is 0 Å². The lowest BCUT2D eigenvalue weighted by Gasteiger charge is -2.26. The number of nitrogens with two attached hydrogens (primary N) is 1. The maximum absolute atomic E-state index is 5.55. The van der Waals surface area contributed by atoms with E-state index in [9.17, 15) is 0 Å². The van der Waals surface area contributed by atoms with Crippen LogP contribution in [0.25, 0.3) is 0 Å². The van der Waals surface area contributed by atoms with Gasteiger partial charge in [0.25, 0.3) is 0 Å². The lowest BCUT2D eigenvalue weighted by molar-refractivity contribution is 0.0725. The van der Waals surface area contributed by atoms with Gasteiger partial charge in [0, 0.05) is 31.6 Å². The summed E-state index contributed by atoms with van der Waals surface area (Å²) in [5, 5.41) is 0. The molecule has 110 valence electrons. The number of nitrogen functional groups attached to an aromatic ring is 1. The fraction of sp³-hybridized carbons (Fsp3) is 0.571. The molecule has 1 aromatic rings. The minimum Gasteiger partial charge on any atom is -0.399 e. The summed E-state index contributed by atoms with van der Waals surface area (Å²) in [6.07, 6.45) is 0. The first-order valence-corrected chi connectivity index (χ1v) is 8.79. The van der Waals surface area contributed by atoms with Gasteiger partial charge in [0.2, 0.25) is 0 Å². The van der Waals surface area contributed by atoms with Crippen LogP contribution in [-0.2, 0) is 13.3 Å². The van der Waals surface area contributed by atoms with Crippen LogP contribution >= 0.6 is 0 Å². The minimum atomic E-state index is -2.27. The third kappa shape index (κ3) is 8.00. The molecule has 0 aliphatic rings. The van der Waals surface area contributed by atoms with Crippen molar-refractivity contribution in [2.75, 3.05) is 25.6 Å². The van der Waals surface area contributed by atoms with Crippen LogP contribution in [0.4, 0.5) is 5.69 Å². The standard InChI is InChI=1S/C8H20O3Si.C6H7N/c1-5-9-12(8-4,10-6-2)11-7-3;7-6-4-2-1-3-5-6/h5-8H2,1-4H3;1-5H,7H2. The fourth-order valence-corrected chi connectivity index (χ4v) is 3.73. The molecule has 2 N–H and O–H groups in total. The first-order chi connectivity index (χ1) is 9.14. The number of rotatable bonds is 7. The third-order valence-corrected chi connectivity index (χ3v) is 5.38. The van der Waals surface area contributed by atoms with Gasteiger partial charge in [-0.15, -0.1) is 0 Å². The Morgan fingerprint density at radius 2 is 1.26 bits per heavy atom. The molecular formula is C14H27NO3Si. The van der Waals surface area contributed by atoms with E-state index in [4.69, 9.17) is 19.0 Å². The van der Waals surface area contributed by atoms with Crippen molar-refractivity contribution in [1.82, 2.24) is 0 Å². The number of anilines is 1. The predicted octanol–water partition coefficient (Wildman–Crippen LogP) is 3.32. The summed E-state index contributed by atoms with van der Waals surface area (Å²) in [6.45, 7) is 9.95. The molecule has 19 heavy (non-hydrogen) atoms. The Balaban J connectivity index is 0.000000388. The molecule has 0 fully saturated rings. The van der Waals surface area contributed by atoms with Crippen molar-refractivity contribution in [3.05, 3.63) is 30.3 Å². The van der Waals surface area contributed by atoms with Crippen molar-refractivity contribution < 1.29 is 13.3 Å². The first kappa shape index (κ1) is 18.1. The monoisotopic (exact) mass is 285 g/mol. The van der Waals surface area contributed by atoms with Crippen molar-refractivity contribution in [2.24, 2.45) is 0 Å². The molecular weight excluding hydrogens is 258 g/mol. The van der Waals surface area contributed by atoms with E-state index in [1.165, 1.54) is 0 Å². The average molecular weight is 285 g/mol. The van der Waals surface area contributed by atoms with Gasteiger partial charge in [0.1, 0.15) is 0 Å². The van der Waals surface area contributed by atoms with Gasteiger partial charge >= 0.3 is 8.80 Å². The molecule has 0 saturated heterocycles. The first-order valence-electron chi connectivity index (χ1n) is 6.86. The Morgan fingerprint density at radius 3 is 1.47 bits per heavy atom. The van der Waals surface area contributed by atoms with Gasteiger partial charge in [0.15, 0.2) is 0 Å². The minimum absolute atomic E-state index is 0.667. The molecule has 0 atom stereocenters. The second-order valence-corrected chi connectivity index (χ2v) is 6.69. The fourth-order valence-electron chi connectivity index (χ4n) is 1.54. The highest BCUT2D eigenvalue weighted by Crippen LogP contribution is 2.14. The Labute approximate surface area is 118 Å². The normalized spacial score (nSPS) is 10.7. The van der Waals surface area contributed by atoms with Gasteiger partial charge in [-0.1, -0.05) is 25.1 Å². The van der Waals surface area contributed by atoms with Crippen LogP contribution < -0.4 is 5.73 Å². The zero-order valence-electron chi connectivity index (χ0n) is 12.5. The summed E-state index contributed by atoms with van der Waals surface area (Å²) in [5.74, 6) is 0. The molecule has 0 aliphatic heterocycles. The van der Waals surface area contributed by atoms with E-state index in [1.54, 1.807) is 0 Å². The number of benzene rings is 1. The van der Waals surface area contributed by atoms with E-state index in [2.05, 4.69) is 0 Å². The van der Waals surface area contributed by atoms with Crippen molar-refractivity contribution in [2.45, 2.75) is 33.7 Å². The number of para-hydroxylation sites is 1. The summed E-state index contributed by atoms with van der Waals surface area (Å²) < 4.78 is 16.7. The SMILES string of the molecule is CCO[Si](CC)(OCC)OCC.Nc1ccccc1. The summed E-state index contributed by atoms with van der Waals surface area (Å²) in [6, 6.07) is 10.3. The molecule has 1 rings (SSSR count). The summed E-state index contributed by atoms with van der Waals surface area (Å²) in [4.78, 5) is 0. The zero-order valence-corrected chi connectivity index (χ0v) is 13.5. The highest BCUT2D eigenvalue weighted by molar-refractivity contribution is 6.60. The largest absolute Gasteiger partial charge is 0.500 e. The van der Waals surface area contributed by atoms with E-state index in [0.29, 0.717) is 19.8 Å². The van der Waals surface area contributed by atoms with Gasteiger partial charge in [-0.05, 0) is 32.9 Å². The lowest BCUT2D eigenvalue weighted by atomic mass is 10.3. The van der Waals surface area contributed by atoms with E-state index in [0.717, 1.165) is 11.7 Å². The van der Waals surface area contributed by atoms with Crippen molar-refractivity contribution in [3.8, 4) is 0 Å². The number of hydrogen-bond donors (Lipinski definition) is 1. The highest BCUT2D eigenvalue weighted by atomic mass is 28.4. The Bertz CT molecular complexity index is 292. The molecule has 0 aliphatic carbocycles. The molecule has 4 nitrogen and oxygen atoms in total. The van der Waals surface area contributed by atoms with Crippen LogP contribution in [0.5, 0.6) is 0 Å². The van der Waals surface area contributed by atoms with Gasteiger partial charge in [-0.25, -0.2) is 0 Å². The highest BCUT2D eigenvalue weighted by Gasteiger charge is 2.37. The smallest absolute Gasteiger partial charge is 0.399 e. The third-order valence-electron chi connectivity index (χ3n) is 2.33. The second-order valence-electron chi connectivity index (χ2n) is 3.75. The molecule has 0 unspecified atom stereocenters. The van der Waals surface area contributed by atoms with E-state index < -0.39 is 8.80 Å². The summed E-state index contributed by atoms with van der Waals surface area (Å²) in [7, 11) is -2.27. The Hall–Kier alpha value is -0.883. The van der Waals surface area contributed by atoms with Crippen LogP contribution in [0.3, 0.4) is 0 Å². The van der Waals surface area contributed by atoms with Crippen LogP contribution in [0.2, 0.25) is 6.04 Å². The van der Waals surface area contributed by atoms with Crippen molar-refractivity contribution in [1.29, 1.82) is 0 Å². The van der Waals surface area contributed by atoms with Gasteiger partial charge < -0.3 is 19.0 Å². The molecule has 0 spiro atoms. The topological polar surface area (TPSA) is 53.7 Å². The zero-order chi connectivity index (χ0) is 14.6. The lowest BCUT2D eigenvalue weighted by Crippen LogP contribution is -2.45. The van der Waals surface area contributed by atoms with Gasteiger partial charge in [-0.2, -0.15) is 0 Å². The maximum atomic E-state index is 5.55. The van der Waals surface area contributed by atoms with Crippen molar-refractivity contribution in [3.63, 3.8) is 0 Å². The van der Waals surface area contributed by atoms with Crippen LogP contribution in [0.1, 0.15) is 27.7 Å². The number of hydrogen-bond acceptors (Lipinski definition) is 4. The van der Waals surface area contributed by atoms with Gasteiger partial charge in [0.05, 0.1) is 0 Å². The van der Waals surface area contributed by atoms with Crippen molar-refractivity contribution >= 4 is 14.5 Å². The molecule has 0 bridgehead atoms. The van der Waals surface area contributed by atoms with Crippen LogP contribution in [0.15, 0.2) is 30.3 Å². The molecule has 0 amide bonds. The van der Waals surface area contributed by atoms with E-state index in [1.807, 2.05) is 58.0 Å². The average Bonchev–Trinajstić information content (AvgIpc) is 2.41. The molecule has 0 radical (unpaired) electrons. The Kier molecular flexibility index (Phi) is 10.5. The second kappa shape index (κ2) is 11.0. The molecule has 1 aromatic carbocycles. The molecule has 0 saturated carbocycles.